The lowest BCUT2D eigenvalue weighted by molar-refractivity contribution is -0.167. The monoisotopic (exact) mass is 1040 g/mol. The lowest BCUT2D eigenvalue weighted by Gasteiger charge is -2.18. The van der Waals surface area contributed by atoms with Gasteiger partial charge in [-0.05, 0) is 96.3 Å². The lowest BCUT2D eigenvalue weighted by atomic mass is 10.0. The predicted molar refractivity (Wildman–Crippen MR) is 325 cm³/mol. The Balaban J connectivity index is 4.22. The highest BCUT2D eigenvalue weighted by Gasteiger charge is 2.19. The van der Waals surface area contributed by atoms with Crippen LogP contribution in [0.2, 0.25) is 0 Å². The van der Waals surface area contributed by atoms with Gasteiger partial charge in [-0.25, -0.2) is 0 Å². The average molecular weight is 1040 g/mol. The number of hydrogen-bond donors (Lipinski definition) is 0. The van der Waals surface area contributed by atoms with Crippen molar-refractivity contribution in [1.82, 2.24) is 0 Å². The molecule has 0 aromatic heterocycles. The Morgan fingerprint density at radius 1 is 0.280 bits per heavy atom. The van der Waals surface area contributed by atoms with Gasteiger partial charge in [0.15, 0.2) is 6.10 Å². The predicted octanol–water partition coefficient (Wildman–Crippen LogP) is 21.7. The fourth-order valence-corrected chi connectivity index (χ4v) is 8.90. The van der Waals surface area contributed by atoms with Crippen LogP contribution in [-0.4, -0.2) is 37.2 Å². The van der Waals surface area contributed by atoms with Crippen LogP contribution in [-0.2, 0) is 28.6 Å². The van der Waals surface area contributed by atoms with E-state index in [9.17, 15) is 14.4 Å². The maximum Gasteiger partial charge on any atom is 0.306 e. The normalized spacial score (nSPS) is 12.7. The smallest absolute Gasteiger partial charge is 0.306 e. The van der Waals surface area contributed by atoms with Crippen molar-refractivity contribution < 1.29 is 28.6 Å². The van der Waals surface area contributed by atoms with E-state index >= 15 is 0 Å². The highest BCUT2D eigenvalue weighted by atomic mass is 16.6. The van der Waals surface area contributed by atoms with Crippen LogP contribution in [0.4, 0.5) is 0 Å². The molecule has 0 aliphatic heterocycles. The summed E-state index contributed by atoms with van der Waals surface area (Å²) in [5, 5.41) is 0. The summed E-state index contributed by atoms with van der Waals surface area (Å²) in [6.45, 7) is 6.42. The highest BCUT2D eigenvalue weighted by Crippen LogP contribution is 2.16. The largest absolute Gasteiger partial charge is 0.462 e. The summed E-state index contributed by atoms with van der Waals surface area (Å²) >= 11 is 0. The third kappa shape index (κ3) is 61.1. The zero-order valence-electron chi connectivity index (χ0n) is 49.3. The zero-order chi connectivity index (χ0) is 54.3. The average Bonchev–Trinajstić information content (AvgIpc) is 3.41. The first-order valence-electron chi connectivity index (χ1n) is 31.7. The van der Waals surface area contributed by atoms with E-state index in [1.807, 2.05) is 0 Å². The van der Waals surface area contributed by atoms with Gasteiger partial charge in [-0.15, -0.1) is 0 Å². The second-order valence-corrected chi connectivity index (χ2v) is 20.9. The minimum atomic E-state index is -0.782. The summed E-state index contributed by atoms with van der Waals surface area (Å²) in [5.74, 6) is -0.881. The van der Waals surface area contributed by atoms with Gasteiger partial charge >= 0.3 is 17.9 Å². The number of carbonyl (C=O) groups excluding carboxylic acids is 3. The minimum Gasteiger partial charge on any atom is -0.462 e. The van der Waals surface area contributed by atoms with Crippen LogP contribution >= 0.6 is 0 Å². The molecule has 0 radical (unpaired) electrons. The maximum atomic E-state index is 12.9. The molecule has 0 saturated carbocycles. The molecule has 0 aromatic carbocycles. The first-order chi connectivity index (χ1) is 37.0. The standard InChI is InChI=1S/C69H118O6/c1-4-7-10-13-16-19-22-24-26-28-29-30-31-32-33-34-35-36-37-38-39-41-42-44-47-50-53-56-59-62-68(71)74-65-66(64-73-67(70)61-58-55-52-49-46-21-18-15-12-9-6-3)75-69(72)63-60-57-54-51-48-45-43-40-27-25-23-20-17-14-11-8-5-2/h7-8,10-11,16-17,19-20,24-27,29-30,32-33,66H,4-6,9,12-15,18,21-23,28,31,34-65H2,1-3H3/b10-7-,11-8-,19-16-,20-17-,26-24-,27-25-,30-29-,33-32-. The van der Waals surface area contributed by atoms with Gasteiger partial charge in [-0.2, -0.15) is 0 Å². The summed E-state index contributed by atoms with van der Waals surface area (Å²) in [6, 6.07) is 0. The van der Waals surface area contributed by atoms with Crippen molar-refractivity contribution in [3.8, 4) is 0 Å². The molecule has 0 spiro atoms. The van der Waals surface area contributed by atoms with E-state index in [0.29, 0.717) is 19.3 Å². The SMILES string of the molecule is CC/C=C\C/C=C\C/C=C\C/C=C\C/C=C\CCCCCCCCCCCCCCCC(=O)OCC(COC(=O)CCCCCCCCCCCCC)OC(=O)CCCCCCCCC/C=C\C/C=C\C/C=C\CC. The number of unbranched alkanes of at least 4 members (excludes halogenated alkanes) is 30. The summed E-state index contributed by atoms with van der Waals surface area (Å²) in [7, 11) is 0. The van der Waals surface area contributed by atoms with Gasteiger partial charge in [0.1, 0.15) is 13.2 Å². The summed E-state index contributed by atoms with van der Waals surface area (Å²) < 4.78 is 16.9. The summed E-state index contributed by atoms with van der Waals surface area (Å²) in [5.41, 5.74) is 0. The van der Waals surface area contributed by atoms with Crippen LogP contribution in [0, 0.1) is 0 Å². The molecule has 0 rings (SSSR count). The fraction of sp³-hybridized carbons (Fsp3) is 0.725. The van der Waals surface area contributed by atoms with Gasteiger partial charge < -0.3 is 14.2 Å². The second kappa shape index (κ2) is 62.9. The van der Waals surface area contributed by atoms with Crippen molar-refractivity contribution in [1.29, 1.82) is 0 Å². The Bertz CT molecular complexity index is 1480. The van der Waals surface area contributed by atoms with Crippen molar-refractivity contribution in [2.45, 2.75) is 309 Å². The van der Waals surface area contributed by atoms with E-state index in [-0.39, 0.29) is 31.1 Å². The molecule has 0 amide bonds. The van der Waals surface area contributed by atoms with Crippen LogP contribution in [0.5, 0.6) is 0 Å². The molecule has 1 unspecified atom stereocenters. The molecule has 430 valence electrons. The van der Waals surface area contributed by atoms with Crippen molar-refractivity contribution in [3.63, 3.8) is 0 Å². The number of hydrogen-bond acceptors (Lipinski definition) is 6. The molecule has 0 N–H and O–H groups in total. The Hall–Kier alpha value is -3.67. The molecule has 6 nitrogen and oxygen atoms in total. The summed E-state index contributed by atoms with van der Waals surface area (Å²) in [4.78, 5) is 38.2. The van der Waals surface area contributed by atoms with Gasteiger partial charge in [0.25, 0.3) is 0 Å². The van der Waals surface area contributed by atoms with E-state index in [2.05, 4.69) is 118 Å². The molecule has 0 heterocycles. The summed E-state index contributed by atoms with van der Waals surface area (Å²) in [6.07, 6.45) is 84.2. The molecule has 0 aromatic rings. The third-order valence-electron chi connectivity index (χ3n) is 13.6. The first-order valence-corrected chi connectivity index (χ1v) is 31.7. The Morgan fingerprint density at radius 2 is 0.520 bits per heavy atom. The van der Waals surface area contributed by atoms with Crippen LogP contribution in [0.15, 0.2) is 97.2 Å². The molecule has 75 heavy (non-hydrogen) atoms. The molecule has 0 saturated heterocycles. The Kier molecular flexibility index (Phi) is 59.8. The van der Waals surface area contributed by atoms with E-state index in [4.69, 9.17) is 14.2 Å². The number of carbonyl (C=O) groups is 3. The highest BCUT2D eigenvalue weighted by molar-refractivity contribution is 5.71. The number of esters is 3. The van der Waals surface area contributed by atoms with Crippen molar-refractivity contribution in [2.24, 2.45) is 0 Å². The van der Waals surface area contributed by atoms with E-state index < -0.39 is 6.10 Å². The van der Waals surface area contributed by atoms with Gasteiger partial charge in [0, 0.05) is 19.3 Å². The first kappa shape index (κ1) is 71.3. The molecule has 0 aliphatic carbocycles. The molecular formula is C69H118O6. The van der Waals surface area contributed by atoms with Crippen molar-refractivity contribution in [2.75, 3.05) is 13.2 Å². The maximum absolute atomic E-state index is 12.9. The molecular weight excluding hydrogens is 925 g/mol. The van der Waals surface area contributed by atoms with Crippen LogP contribution in [0.25, 0.3) is 0 Å². The topological polar surface area (TPSA) is 78.9 Å². The molecule has 0 aliphatic rings. The van der Waals surface area contributed by atoms with Crippen LogP contribution in [0.1, 0.15) is 303 Å². The zero-order valence-corrected chi connectivity index (χ0v) is 49.3. The Labute approximate surface area is 464 Å². The number of ether oxygens (including phenoxy) is 3. The molecule has 1 atom stereocenters. The van der Waals surface area contributed by atoms with Gasteiger partial charge in [0.05, 0.1) is 0 Å². The molecule has 0 bridgehead atoms. The molecule has 0 fully saturated rings. The quantitative estimate of drug-likeness (QED) is 0.0261. The van der Waals surface area contributed by atoms with Gasteiger partial charge in [0.2, 0.25) is 0 Å². The third-order valence-corrected chi connectivity index (χ3v) is 13.6. The lowest BCUT2D eigenvalue weighted by Crippen LogP contribution is -2.30. The van der Waals surface area contributed by atoms with Crippen molar-refractivity contribution in [3.05, 3.63) is 97.2 Å². The fourth-order valence-electron chi connectivity index (χ4n) is 8.90. The number of allylic oxidation sites excluding steroid dienone is 16. The van der Waals surface area contributed by atoms with Crippen molar-refractivity contribution >= 4 is 17.9 Å². The van der Waals surface area contributed by atoms with Gasteiger partial charge in [-0.3, -0.25) is 14.4 Å². The Morgan fingerprint density at radius 3 is 0.813 bits per heavy atom. The van der Waals surface area contributed by atoms with Crippen LogP contribution in [0.3, 0.4) is 0 Å². The number of rotatable bonds is 57. The second-order valence-electron chi connectivity index (χ2n) is 20.9. The van der Waals surface area contributed by atoms with Crippen LogP contribution < -0.4 is 0 Å². The van der Waals surface area contributed by atoms with E-state index in [1.165, 1.54) is 148 Å². The van der Waals surface area contributed by atoms with E-state index in [0.717, 1.165) is 116 Å². The molecule has 6 heteroatoms. The van der Waals surface area contributed by atoms with Gasteiger partial charge in [-0.1, -0.05) is 285 Å². The van der Waals surface area contributed by atoms with E-state index in [1.54, 1.807) is 0 Å². The minimum absolute atomic E-state index is 0.0785.